The molecular weight excluding hydrogens is 264 g/mol. The Bertz CT molecular complexity index is 357. The van der Waals surface area contributed by atoms with Crippen molar-refractivity contribution in [3.8, 4) is 0 Å². The summed E-state index contributed by atoms with van der Waals surface area (Å²) >= 11 is 3.68. The molecule has 1 aromatic carbocycles. The molecule has 0 radical (unpaired) electrons. The second-order valence-electron chi connectivity index (χ2n) is 4.63. The lowest BCUT2D eigenvalue weighted by molar-refractivity contribution is 0.148. The average Bonchev–Trinajstić information content (AvgIpc) is 2.28. The Labute approximate surface area is 106 Å². The summed E-state index contributed by atoms with van der Waals surface area (Å²) in [6.07, 6.45) is 0. The van der Waals surface area contributed by atoms with Gasteiger partial charge >= 0.3 is 0 Å². The molecule has 2 rings (SSSR count). The number of hydrogen-bond acceptors (Lipinski definition) is 2. The maximum atomic E-state index is 3.68. The molecule has 1 aliphatic rings. The lowest BCUT2D eigenvalue weighted by Crippen LogP contribution is -2.43. The van der Waals surface area contributed by atoms with Crippen LogP contribution in [0.25, 0.3) is 0 Å². The van der Waals surface area contributed by atoms with E-state index in [2.05, 4.69) is 57.9 Å². The van der Waals surface area contributed by atoms with Gasteiger partial charge in [-0.25, -0.2) is 0 Å². The largest absolute Gasteiger partial charge is 0.304 e. The normalized spacial score (nSPS) is 18.9. The lowest BCUT2D eigenvalue weighted by atomic mass is 10.1. The molecule has 1 saturated heterocycles. The Morgan fingerprint density at radius 1 is 1.19 bits per heavy atom. The molecule has 1 fully saturated rings. The zero-order chi connectivity index (χ0) is 11.5. The minimum atomic E-state index is 1.07. The summed E-state index contributed by atoms with van der Waals surface area (Å²) in [4.78, 5) is 4.92. The van der Waals surface area contributed by atoms with Crippen molar-refractivity contribution in [2.24, 2.45) is 0 Å². The number of piperazine rings is 1. The van der Waals surface area contributed by atoms with Gasteiger partial charge < -0.3 is 4.90 Å². The fourth-order valence-corrected chi connectivity index (χ4v) is 2.47. The first-order valence-corrected chi connectivity index (χ1v) is 6.61. The van der Waals surface area contributed by atoms with E-state index in [0.717, 1.165) is 6.54 Å². The zero-order valence-corrected chi connectivity index (χ0v) is 11.6. The Morgan fingerprint density at radius 3 is 2.56 bits per heavy atom. The highest BCUT2D eigenvalue weighted by molar-refractivity contribution is 9.10. The molecule has 3 heteroatoms. The van der Waals surface area contributed by atoms with Crippen LogP contribution in [0.15, 0.2) is 22.7 Å². The zero-order valence-electron chi connectivity index (χ0n) is 10.0. The predicted octanol–water partition coefficient (Wildman–Crippen LogP) is 2.50. The van der Waals surface area contributed by atoms with Crippen LogP contribution in [0.4, 0.5) is 0 Å². The van der Waals surface area contributed by atoms with E-state index in [-0.39, 0.29) is 0 Å². The van der Waals surface area contributed by atoms with E-state index in [1.807, 2.05) is 0 Å². The monoisotopic (exact) mass is 282 g/mol. The number of aryl methyl sites for hydroxylation is 1. The maximum Gasteiger partial charge on any atom is 0.0249 e. The van der Waals surface area contributed by atoms with Gasteiger partial charge in [-0.15, -0.1) is 0 Å². The van der Waals surface area contributed by atoms with Gasteiger partial charge in [0.1, 0.15) is 0 Å². The Balaban J connectivity index is 2.01. The number of halogens is 1. The van der Waals surface area contributed by atoms with Crippen LogP contribution in [-0.4, -0.2) is 43.0 Å². The van der Waals surface area contributed by atoms with Gasteiger partial charge in [0.05, 0.1) is 0 Å². The van der Waals surface area contributed by atoms with Crippen molar-refractivity contribution >= 4 is 15.9 Å². The molecule has 0 unspecified atom stereocenters. The number of nitrogens with zero attached hydrogens (tertiary/aromatic N) is 2. The van der Waals surface area contributed by atoms with Crippen LogP contribution in [0.3, 0.4) is 0 Å². The summed E-state index contributed by atoms with van der Waals surface area (Å²) in [5.41, 5.74) is 2.73. The highest BCUT2D eigenvalue weighted by Crippen LogP contribution is 2.22. The summed E-state index contributed by atoms with van der Waals surface area (Å²) in [5, 5.41) is 0. The van der Waals surface area contributed by atoms with Crippen LogP contribution >= 0.6 is 15.9 Å². The molecule has 0 N–H and O–H groups in total. The van der Waals surface area contributed by atoms with Gasteiger partial charge in [-0.1, -0.05) is 34.1 Å². The van der Waals surface area contributed by atoms with Gasteiger partial charge in [0.25, 0.3) is 0 Å². The van der Waals surface area contributed by atoms with E-state index in [4.69, 9.17) is 0 Å². The number of rotatable bonds is 2. The van der Waals surface area contributed by atoms with Crippen molar-refractivity contribution in [3.05, 3.63) is 33.8 Å². The molecule has 0 amide bonds. The molecular formula is C13H19BrN2. The van der Waals surface area contributed by atoms with Crippen molar-refractivity contribution in [2.45, 2.75) is 13.5 Å². The summed E-state index contributed by atoms with van der Waals surface area (Å²) in [7, 11) is 2.19. The van der Waals surface area contributed by atoms with Gasteiger partial charge in [0.15, 0.2) is 0 Å². The third-order valence-corrected chi connectivity index (χ3v) is 4.40. The molecule has 1 aromatic rings. The van der Waals surface area contributed by atoms with Crippen LogP contribution in [0.1, 0.15) is 11.1 Å². The fraction of sp³-hybridized carbons (Fsp3) is 0.538. The van der Waals surface area contributed by atoms with Crippen LogP contribution in [0, 0.1) is 6.92 Å². The second kappa shape index (κ2) is 5.30. The van der Waals surface area contributed by atoms with Gasteiger partial charge in [0, 0.05) is 37.2 Å². The molecule has 0 spiro atoms. The predicted molar refractivity (Wildman–Crippen MR) is 71.7 cm³/mol. The average molecular weight is 283 g/mol. The van der Waals surface area contributed by atoms with Crippen molar-refractivity contribution in [1.82, 2.24) is 9.80 Å². The van der Waals surface area contributed by atoms with Crippen LogP contribution < -0.4 is 0 Å². The highest BCUT2D eigenvalue weighted by Gasteiger charge is 2.15. The standard InChI is InChI=1S/C13H19BrN2/c1-11-4-3-5-12(13(11)14)10-16-8-6-15(2)7-9-16/h3-5H,6-10H2,1-2H3. The minimum absolute atomic E-state index is 1.07. The van der Waals surface area contributed by atoms with Gasteiger partial charge in [-0.05, 0) is 25.1 Å². The Kier molecular flexibility index (Phi) is 4.00. The second-order valence-corrected chi connectivity index (χ2v) is 5.42. The third-order valence-electron chi connectivity index (χ3n) is 3.26. The quantitative estimate of drug-likeness (QED) is 0.823. The summed E-state index contributed by atoms with van der Waals surface area (Å²) in [5.74, 6) is 0. The van der Waals surface area contributed by atoms with Crippen LogP contribution in [0.2, 0.25) is 0 Å². The number of likely N-dealkylation sites (N-methyl/N-ethyl adjacent to an activating group) is 1. The third kappa shape index (κ3) is 2.84. The van der Waals surface area contributed by atoms with E-state index in [0.29, 0.717) is 0 Å². The van der Waals surface area contributed by atoms with E-state index in [1.165, 1.54) is 41.8 Å². The summed E-state index contributed by atoms with van der Waals surface area (Å²) in [6, 6.07) is 6.51. The molecule has 1 heterocycles. The van der Waals surface area contributed by atoms with Gasteiger partial charge in [-0.2, -0.15) is 0 Å². The molecule has 2 nitrogen and oxygen atoms in total. The Hall–Kier alpha value is -0.380. The van der Waals surface area contributed by atoms with Crippen LogP contribution in [-0.2, 0) is 6.54 Å². The minimum Gasteiger partial charge on any atom is -0.304 e. The van der Waals surface area contributed by atoms with Crippen molar-refractivity contribution < 1.29 is 0 Å². The molecule has 0 aromatic heterocycles. The number of hydrogen-bond donors (Lipinski definition) is 0. The van der Waals surface area contributed by atoms with Gasteiger partial charge in [0.2, 0.25) is 0 Å². The SMILES string of the molecule is Cc1cccc(CN2CCN(C)CC2)c1Br. The first-order valence-electron chi connectivity index (χ1n) is 5.81. The molecule has 0 bridgehead atoms. The van der Waals surface area contributed by atoms with Crippen molar-refractivity contribution in [3.63, 3.8) is 0 Å². The van der Waals surface area contributed by atoms with E-state index < -0.39 is 0 Å². The first kappa shape index (κ1) is 12.1. The highest BCUT2D eigenvalue weighted by atomic mass is 79.9. The maximum absolute atomic E-state index is 3.68. The summed E-state index contributed by atoms with van der Waals surface area (Å²) in [6.45, 7) is 7.94. The van der Waals surface area contributed by atoms with E-state index in [9.17, 15) is 0 Å². The molecule has 0 atom stereocenters. The van der Waals surface area contributed by atoms with E-state index >= 15 is 0 Å². The molecule has 16 heavy (non-hydrogen) atoms. The fourth-order valence-electron chi connectivity index (χ4n) is 2.08. The van der Waals surface area contributed by atoms with Crippen molar-refractivity contribution in [1.29, 1.82) is 0 Å². The topological polar surface area (TPSA) is 6.48 Å². The number of benzene rings is 1. The van der Waals surface area contributed by atoms with Crippen molar-refractivity contribution in [2.75, 3.05) is 33.2 Å². The molecule has 88 valence electrons. The van der Waals surface area contributed by atoms with E-state index in [1.54, 1.807) is 0 Å². The lowest BCUT2D eigenvalue weighted by Gasteiger charge is -2.32. The molecule has 0 saturated carbocycles. The van der Waals surface area contributed by atoms with Crippen LogP contribution in [0.5, 0.6) is 0 Å². The summed E-state index contributed by atoms with van der Waals surface area (Å²) < 4.78 is 1.27. The molecule has 0 aliphatic carbocycles. The smallest absolute Gasteiger partial charge is 0.0249 e. The van der Waals surface area contributed by atoms with Gasteiger partial charge in [-0.3, -0.25) is 4.90 Å². The Morgan fingerprint density at radius 2 is 1.88 bits per heavy atom. The molecule has 1 aliphatic heterocycles. The first-order chi connectivity index (χ1) is 7.66.